The first-order valence-electron chi connectivity index (χ1n) is 6.44. The first kappa shape index (κ1) is 11.4. The standard InChI is InChI=1S/C14H17NO3/c1-9-3-2-4-11(9)15-14(16)10-5-6-12-13(7-10)18-8-17-12/h5-7,9,11H,2-4,8H2,1H3,(H,15,16)/t9-,11+/m1/s1. The average molecular weight is 247 g/mol. The fraction of sp³-hybridized carbons (Fsp3) is 0.500. The van der Waals surface area contributed by atoms with Crippen LogP contribution in [-0.4, -0.2) is 18.7 Å². The molecule has 0 radical (unpaired) electrons. The molecule has 0 unspecified atom stereocenters. The van der Waals surface area contributed by atoms with Crippen molar-refractivity contribution in [3.05, 3.63) is 23.8 Å². The highest BCUT2D eigenvalue weighted by Crippen LogP contribution is 2.32. The number of fused-ring (bicyclic) bond motifs is 1. The second-order valence-electron chi connectivity index (χ2n) is 5.06. The molecule has 0 bridgehead atoms. The summed E-state index contributed by atoms with van der Waals surface area (Å²) in [5, 5.41) is 3.10. The quantitative estimate of drug-likeness (QED) is 0.872. The van der Waals surface area contributed by atoms with Crippen molar-refractivity contribution in [2.24, 2.45) is 5.92 Å². The van der Waals surface area contributed by atoms with Crippen molar-refractivity contribution in [3.8, 4) is 11.5 Å². The molecule has 1 fully saturated rings. The topological polar surface area (TPSA) is 47.6 Å². The summed E-state index contributed by atoms with van der Waals surface area (Å²) in [6.45, 7) is 2.43. The van der Waals surface area contributed by atoms with E-state index in [-0.39, 0.29) is 12.7 Å². The molecule has 4 nitrogen and oxygen atoms in total. The number of benzene rings is 1. The lowest BCUT2D eigenvalue weighted by Crippen LogP contribution is -2.36. The van der Waals surface area contributed by atoms with Gasteiger partial charge in [0.05, 0.1) is 0 Å². The number of carbonyl (C=O) groups is 1. The minimum atomic E-state index is -0.0212. The summed E-state index contributed by atoms with van der Waals surface area (Å²) >= 11 is 0. The third kappa shape index (κ3) is 2.03. The summed E-state index contributed by atoms with van der Waals surface area (Å²) < 4.78 is 10.5. The molecule has 1 aliphatic carbocycles. The molecule has 4 heteroatoms. The van der Waals surface area contributed by atoms with Gasteiger partial charge in [-0.15, -0.1) is 0 Å². The van der Waals surface area contributed by atoms with Crippen molar-refractivity contribution in [1.29, 1.82) is 0 Å². The molecular weight excluding hydrogens is 230 g/mol. The zero-order chi connectivity index (χ0) is 12.5. The molecule has 1 N–H and O–H groups in total. The summed E-state index contributed by atoms with van der Waals surface area (Å²) in [4.78, 5) is 12.1. The minimum absolute atomic E-state index is 0.0212. The van der Waals surface area contributed by atoms with E-state index in [0.717, 1.165) is 6.42 Å². The molecular formula is C14H17NO3. The van der Waals surface area contributed by atoms with Gasteiger partial charge in [0.2, 0.25) is 6.79 Å². The zero-order valence-electron chi connectivity index (χ0n) is 10.4. The maximum atomic E-state index is 12.1. The highest BCUT2D eigenvalue weighted by atomic mass is 16.7. The molecule has 3 rings (SSSR count). The van der Waals surface area contributed by atoms with Gasteiger partial charge in [0, 0.05) is 11.6 Å². The molecule has 1 heterocycles. The van der Waals surface area contributed by atoms with Crippen LogP contribution in [0, 0.1) is 5.92 Å². The lowest BCUT2D eigenvalue weighted by molar-refractivity contribution is 0.0929. The van der Waals surface area contributed by atoms with Crippen LogP contribution in [0.4, 0.5) is 0 Å². The predicted molar refractivity (Wildman–Crippen MR) is 66.8 cm³/mol. The second-order valence-corrected chi connectivity index (χ2v) is 5.06. The van der Waals surface area contributed by atoms with Crippen molar-refractivity contribution in [1.82, 2.24) is 5.32 Å². The Kier molecular flexibility index (Phi) is 2.86. The van der Waals surface area contributed by atoms with Crippen molar-refractivity contribution in [2.45, 2.75) is 32.2 Å². The maximum absolute atomic E-state index is 12.1. The molecule has 18 heavy (non-hydrogen) atoms. The van der Waals surface area contributed by atoms with Gasteiger partial charge in [-0.2, -0.15) is 0 Å². The number of rotatable bonds is 2. The van der Waals surface area contributed by atoms with Crippen molar-refractivity contribution >= 4 is 5.91 Å². The fourth-order valence-corrected chi connectivity index (χ4v) is 2.65. The van der Waals surface area contributed by atoms with Gasteiger partial charge in [-0.1, -0.05) is 13.3 Å². The van der Waals surface area contributed by atoms with E-state index in [2.05, 4.69) is 12.2 Å². The Balaban J connectivity index is 1.72. The van der Waals surface area contributed by atoms with E-state index >= 15 is 0 Å². The first-order chi connectivity index (χ1) is 8.74. The van der Waals surface area contributed by atoms with Gasteiger partial charge < -0.3 is 14.8 Å². The summed E-state index contributed by atoms with van der Waals surface area (Å²) in [5.74, 6) is 1.91. The Morgan fingerprint density at radius 2 is 2.11 bits per heavy atom. The highest BCUT2D eigenvalue weighted by molar-refractivity contribution is 5.95. The normalized spacial score (nSPS) is 25.2. The second kappa shape index (κ2) is 4.52. The molecule has 96 valence electrons. The predicted octanol–water partition coefficient (Wildman–Crippen LogP) is 2.33. The van der Waals surface area contributed by atoms with E-state index in [9.17, 15) is 4.79 Å². The van der Waals surface area contributed by atoms with E-state index in [1.54, 1.807) is 18.2 Å². The smallest absolute Gasteiger partial charge is 0.251 e. The molecule has 2 aliphatic rings. The van der Waals surface area contributed by atoms with Crippen LogP contribution in [0.1, 0.15) is 36.5 Å². The van der Waals surface area contributed by atoms with Crippen LogP contribution in [0.5, 0.6) is 11.5 Å². The van der Waals surface area contributed by atoms with Crippen LogP contribution in [-0.2, 0) is 0 Å². The van der Waals surface area contributed by atoms with Crippen molar-refractivity contribution in [3.63, 3.8) is 0 Å². The Hall–Kier alpha value is -1.71. The minimum Gasteiger partial charge on any atom is -0.454 e. The Labute approximate surface area is 106 Å². The molecule has 2 atom stereocenters. The Morgan fingerprint density at radius 1 is 1.28 bits per heavy atom. The van der Waals surface area contributed by atoms with Gasteiger partial charge in [-0.25, -0.2) is 0 Å². The van der Waals surface area contributed by atoms with Gasteiger partial charge in [-0.05, 0) is 37.0 Å². The SMILES string of the molecule is C[C@@H]1CCC[C@@H]1NC(=O)c1ccc2c(c1)OCO2. The number of nitrogens with one attached hydrogen (secondary N) is 1. The molecule has 1 aromatic rings. The highest BCUT2D eigenvalue weighted by Gasteiger charge is 2.25. The Bertz CT molecular complexity index is 472. The third-order valence-electron chi connectivity index (χ3n) is 3.81. The summed E-state index contributed by atoms with van der Waals surface area (Å²) in [7, 11) is 0. The van der Waals surface area contributed by atoms with Crippen molar-refractivity contribution in [2.75, 3.05) is 6.79 Å². The number of hydrogen-bond donors (Lipinski definition) is 1. The van der Waals surface area contributed by atoms with Crippen LogP contribution >= 0.6 is 0 Å². The largest absolute Gasteiger partial charge is 0.454 e. The Morgan fingerprint density at radius 3 is 2.89 bits per heavy atom. The van der Waals surface area contributed by atoms with Gasteiger partial charge in [0.25, 0.3) is 5.91 Å². The first-order valence-corrected chi connectivity index (χ1v) is 6.44. The molecule has 0 aromatic heterocycles. The molecule has 0 spiro atoms. The molecule has 1 aromatic carbocycles. The number of hydrogen-bond acceptors (Lipinski definition) is 3. The molecule has 1 aliphatic heterocycles. The zero-order valence-corrected chi connectivity index (χ0v) is 10.4. The van der Waals surface area contributed by atoms with Crippen molar-refractivity contribution < 1.29 is 14.3 Å². The van der Waals surface area contributed by atoms with Crippen LogP contribution in [0.15, 0.2) is 18.2 Å². The van der Waals surface area contributed by atoms with E-state index in [1.807, 2.05) is 0 Å². The van der Waals surface area contributed by atoms with E-state index in [1.165, 1.54) is 12.8 Å². The monoisotopic (exact) mass is 247 g/mol. The summed E-state index contributed by atoms with van der Waals surface area (Å²) in [6.07, 6.45) is 3.48. The van der Waals surface area contributed by atoms with Gasteiger partial charge in [-0.3, -0.25) is 4.79 Å². The summed E-state index contributed by atoms with van der Waals surface area (Å²) in [5.41, 5.74) is 0.637. The number of amides is 1. The van der Waals surface area contributed by atoms with Gasteiger partial charge >= 0.3 is 0 Å². The van der Waals surface area contributed by atoms with Crippen LogP contribution < -0.4 is 14.8 Å². The maximum Gasteiger partial charge on any atom is 0.251 e. The van der Waals surface area contributed by atoms with Gasteiger partial charge in [0.15, 0.2) is 11.5 Å². The molecule has 0 saturated heterocycles. The van der Waals surface area contributed by atoms with Gasteiger partial charge in [0.1, 0.15) is 0 Å². The summed E-state index contributed by atoms with van der Waals surface area (Å²) in [6, 6.07) is 5.62. The number of carbonyl (C=O) groups excluding carboxylic acids is 1. The van der Waals surface area contributed by atoms with Crippen LogP contribution in [0.2, 0.25) is 0 Å². The van der Waals surface area contributed by atoms with Crippen LogP contribution in [0.25, 0.3) is 0 Å². The third-order valence-corrected chi connectivity index (χ3v) is 3.81. The van der Waals surface area contributed by atoms with Crippen LogP contribution in [0.3, 0.4) is 0 Å². The van der Waals surface area contributed by atoms with E-state index in [4.69, 9.17) is 9.47 Å². The van der Waals surface area contributed by atoms with E-state index < -0.39 is 0 Å². The molecule has 1 saturated carbocycles. The lowest BCUT2D eigenvalue weighted by atomic mass is 10.1. The lowest BCUT2D eigenvalue weighted by Gasteiger charge is -2.17. The average Bonchev–Trinajstić information content (AvgIpc) is 2.98. The number of ether oxygens (including phenoxy) is 2. The molecule has 1 amide bonds. The fourth-order valence-electron chi connectivity index (χ4n) is 2.65. The van der Waals surface area contributed by atoms with E-state index in [0.29, 0.717) is 29.0 Å².